The molecule has 0 aliphatic carbocycles. The van der Waals surface area contributed by atoms with Gasteiger partial charge in [-0.3, -0.25) is 0 Å². The van der Waals surface area contributed by atoms with Gasteiger partial charge in [0, 0.05) is 24.2 Å². The number of hydrogen-bond acceptors (Lipinski definition) is 5. The molecular formula is C20H20F2N2O3. The Hall–Kier alpha value is -2.51. The average molecular weight is 374 g/mol. The molecule has 1 aliphatic rings. The highest BCUT2D eigenvalue weighted by Crippen LogP contribution is 2.38. The number of fused-ring (bicyclic) bond motifs is 1. The first-order valence-electron chi connectivity index (χ1n) is 8.86. The molecule has 0 unspecified atom stereocenters. The number of aliphatic hydroxyl groups is 1. The van der Waals surface area contributed by atoms with Gasteiger partial charge in [0.2, 0.25) is 5.58 Å². The van der Waals surface area contributed by atoms with Gasteiger partial charge in [0.1, 0.15) is 11.5 Å². The van der Waals surface area contributed by atoms with Crippen LogP contribution in [0.25, 0.3) is 22.2 Å². The average Bonchev–Trinajstić information content (AvgIpc) is 3.05. The maximum atomic E-state index is 15.4. The summed E-state index contributed by atoms with van der Waals surface area (Å²) in [6, 6.07) is 7.73. The third-order valence-corrected chi connectivity index (χ3v) is 4.79. The summed E-state index contributed by atoms with van der Waals surface area (Å²) in [5.74, 6) is -1.08. The van der Waals surface area contributed by atoms with Crippen LogP contribution in [-0.2, 0) is 11.3 Å². The SMILES string of the molecule is C[C@@H]1CN(c2c(CO)cc3c(-c4ccccc4F)noc3c2F)C[C@H](C)O1. The second-order valence-electron chi connectivity index (χ2n) is 6.91. The van der Waals surface area contributed by atoms with Gasteiger partial charge < -0.3 is 19.3 Å². The van der Waals surface area contributed by atoms with Gasteiger partial charge in [0.25, 0.3) is 0 Å². The third-order valence-electron chi connectivity index (χ3n) is 4.79. The second-order valence-corrected chi connectivity index (χ2v) is 6.91. The maximum absolute atomic E-state index is 15.4. The molecule has 142 valence electrons. The lowest BCUT2D eigenvalue weighted by Crippen LogP contribution is -2.46. The van der Waals surface area contributed by atoms with Crippen molar-refractivity contribution in [2.75, 3.05) is 18.0 Å². The fourth-order valence-corrected chi connectivity index (χ4v) is 3.75. The third kappa shape index (κ3) is 3.07. The van der Waals surface area contributed by atoms with E-state index in [0.29, 0.717) is 24.0 Å². The summed E-state index contributed by atoms with van der Waals surface area (Å²) in [5, 5.41) is 14.1. The molecule has 4 rings (SSSR count). The van der Waals surface area contributed by atoms with E-state index in [-0.39, 0.29) is 41.3 Å². The molecule has 3 aromatic rings. The Morgan fingerprint density at radius 3 is 2.56 bits per heavy atom. The van der Waals surface area contributed by atoms with Crippen LogP contribution in [-0.4, -0.2) is 35.6 Å². The van der Waals surface area contributed by atoms with Crippen LogP contribution in [0.3, 0.4) is 0 Å². The van der Waals surface area contributed by atoms with E-state index in [4.69, 9.17) is 9.26 Å². The van der Waals surface area contributed by atoms with Crippen molar-refractivity contribution in [2.45, 2.75) is 32.7 Å². The molecule has 2 atom stereocenters. The number of rotatable bonds is 3. The Kier molecular flexibility index (Phi) is 4.57. The molecule has 0 saturated carbocycles. The van der Waals surface area contributed by atoms with Crippen molar-refractivity contribution in [1.82, 2.24) is 5.16 Å². The van der Waals surface area contributed by atoms with Crippen LogP contribution in [0.4, 0.5) is 14.5 Å². The molecular weight excluding hydrogens is 354 g/mol. The van der Waals surface area contributed by atoms with E-state index >= 15 is 4.39 Å². The Balaban J connectivity index is 1.88. The van der Waals surface area contributed by atoms with E-state index < -0.39 is 11.6 Å². The monoisotopic (exact) mass is 374 g/mol. The standard InChI is InChI=1S/C20H20F2N2O3/c1-11-8-24(9-12(2)26-11)19-13(10-25)7-15-18(23-27-20(15)17(19)22)14-5-3-4-6-16(14)21/h3-7,11-12,25H,8-10H2,1-2H3/t11-,12+. The van der Waals surface area contributed by atoms with Crippen molar-refractivity contribution in [1.29, 1.82) is 0 Å². The van der Waals surface area contributed by atoms with E-state index in [0.717, 1.165) is 0 Å². The largest absolute Gasteiger partial charge is 0.392 e. The summed E-state index contributed by atoms with van der Waals surface area (Å²) in [5.41, 5.74) is 1.07. The number of nitrogens with zero attached hydrogens (tertiary/aromatic N) is 2. The number of hydrogen-bond donors (Lipinski definition) is 1. The van der Waals surface area contributed by atoms with Crippen LogP contribution in [0.2, 0.25) is 0 Å². The molecule has 1 fully saturated rings. The summed E-state index contributed by atoms with van der Waals surface area (Å²) in [6.07, 6.45) is -0.141. The van der Waals surface area contributed by atoms with E-state index in [9.17, 15) is 9.50 Å². The van der Waals surface area contributed by atoms with E-state index in [1.807, 2.05) is 18.7 Å². The lowest BCUT2D eigenvalue weighted by molar-refractivity contribution is -0.00549. The van der Waals surface area contributed by atoms with Crippen molar-refractivity contribution in [3.05, 3.63) is 47.5 Å². The first-order chi connectivity index (χ1) is 13.0. The van der Waals surface area contributed by atoms with Gasteiger partial charge in [-0.1, -0.05) is 17.3 Å². The molecule has 2 aromatic carbocycles. The smallest absolute Gasteiger partial charge is 0.205 e. The van der Waals surface area contributed by atoms with Crippen LogP contribution in [0, 0.1) is 11.6 Å². The van der Waals surface area contributed by atoms with Gasteiger partial charge in [0.15, 0.2) is 5.82 Å². The summed E-state index contributed by atoms with van der Waals surface area (Å²) >= 11 is 0. The highest BCUT2D eigenvalue weighted by atomic mass is 19.1. The van der Waals surface area contributed by atoms with Gasteiger partial charge >= 0.3 is 0 Å². The number of benzene rings is 2. The molecule has 1 saturated heterocycles. The van der Waals surface area contributed by atoms with Crippen molar-refractivity contribution in [3.63, 3.8) is 0 Å². The zero-order chi connectivity index (χ0) is 19.1. The first kappa shape index (κ1) is 17.9. The Bertz CT molecular complexity index is 979. The molecule has 7 heteroatoms. The lowest BCUT2D eigenvalue weighted by atomic mass is 10.0. The molecule has 5 nitrogen and oxygen atoms in total. The first-order valence-corrected chi connectivity index (χ1v) is 8.86. The number of aliphatic hydroxyl groups excluding tert-OH is 1. The van der Waals surface area contributed by atoms with Crippen molar-refractivity contribution in [3.8, 4) is 11.3 Å². The fraction of sp³-hybridized carbons (Fsp3) is 0.350. The van der Waals surface area contributed by atoms with Crippen LogP contribution in [0.15, 0.2) is 34.9 Å². The van der Waals surface area contributed by atoms with Crippen molar-refractivity contribution in [2.24, 2.45) is 0 Å². The maximum Gasteiger partial charge on any atom is 0.205 e. The molecule has 0 amide bonds. The Labute approximate surface area is 155 Å². The number of anilines is 1. The number of morpholine rings is 1. The van der Waals surface area contributed by atoms with E-state index in [1.165, 1.54) is 6.07 Å². The summed E-state index contributed by atoms with van der Waals surface area (Å²) in [4.78, 5) is 1.85. The predicted molar refractivity (Wildman–Crippen MR) is 97.5 cm³/mol. The van der Waals surface area contributed by atoms with Gasteiger partial charge in [-0.05, 0) is 32.0 Å². The summed E-state index contributed by atoms with van der Waals surface area (Å²) < 4.78 is 40.5. The van der Waals surface area contributed by atoms with Crippen LogP contribution in [0.1, 0.15) is 19.4 Å². The van der Waals surface area contributed by atoms with Crippen LogP contribution < -0.4 is 4.90 Å². The predicted octanol–water partition coefficient (Wildman–Crippen LogP) is 3.88. The van der Waals surface area contributed by atoms with Gasteiger partial charge in [0.05, 0.1) is 29.9 Å². The zero-order valence-corrected chi connectivity index (χ0v) is 15.1. The number of aromatic nitrogens is 1. The molecule has 1 N–H and O–H groups in total. The van der Waals surface area contributed by atoms with Gasteiger partial charge in [-0.15, -0.1) is 0 Å². The van der Waals surface area contributed by atoms with Gasteiger partial charge in [-0.2, -0.15) is 0 Å². The zero-order valence-electron chi connectivity index (χ0n) is 15.1. The van der Waals surface area contributed by atoms with Crippen molar-refractivity contribution < 1.29 is 23.1 Å². The molecule has 0 radical (unpaired) electrons. The van der Waals surface area contributed by atoms with Crippen LogP contribution in [0.5, 0.6) is 0 Å². The minimum Gasteiger partial charge on any atom is -0.392 e. The van der Waals surface area contributed by atoms with E-state index in [1.54, 1.807) is 24.3 Å². The normalized spacial score (nSPS) is 20.4. The molecule has 27 heavy (non-hydrogen) atoms. The van der Waals surface area contributed by atoms with Gasteiger partial charge in [-0.25, -0.2) is 8.78 Å². The molecule has 1 aromatic heterocycles. The molecule has 0 bridgehead atoms. The van der Waals surface area contributed by atoms with Crippen molar-refractivity contribution >= 4 is 16.7 Å². The quantitative estimate of drug-likeness (QED) is 0.754. The molecule has 1 aliphatic heterocycles. The summed E-state index contributed by atoms with van der Waals surface area (Å²) in [7, 11) is 0. The minimum absolute atomic E-state index is 0.0488. The Morgan fingerprint density at radius 2 is 1.89 bits per heavy atom. The highest BCUT2D eigenvalue weighted by molar-refractivity contribution is 5.95. The van der Waals surface area contributed by atoms with E-state index in [2.05, 4.69) is 5.16 Å². The second kappa shape index (κ2) is 6.90. The number of halogens is 2. The molecule has 0 spiro atoms. The minimum atomic E-state index is -0.604. The van der Waals surface area contributed by atoms with Crippen LogP contribution >= 0.6 is 0 Å². The number of ether oxygens (including phenoxy) is 1. The lowest BCUT2D eigenvalue weighted by Gasteiger charge is -2.37. The molecule has 2 heterocycles. The highest BCUT2D eigenvalue weighted by Gasteiger charge is 2.29. The Morgan fingerprint density at radius 1 is 1.19 bits per heavy atom. The summed E-state index contributed by atoms with van der Waals surface area (Å²) in [6.45, 7) is 4.47. The fourth-order valence-electron chi connectivity index (χ4n) is 3.75. The topological polar surface area (TPSA) is 58.7 Å².